The second-order valence-electron chi connectivity index (χ2n) is 6.67. The molecule has 29 heavy (non-hydrogen) atoms. The van der Waals surface area contributed by atoms with E-state index in [2.05, 4.69) is 15.5 Å². The Kier molecular flexibility index (Phi) is 5.26. The Labute approximate surface area is 171 Å². The maximum absolute atomic E-state index is 13.1. The Morgan fingerprint density at radius 3 is 2.66 bits per heavy atom. The Hall–Kier alpha value is -3.26. The SMILES string of the molecule is Cc1cc(-c2cccs2)nn1CCNC(=O)c1cc(-c2ccc(F)cc2)nn1C. The normalized spacial score (nSPS) is 11.0. The number of amides is 1. The van der Waals surface area contributed by atoms with Gasteiger partial charge in [0, 0.05) is 24.8 Å². The van der Waals surface area contributed by atoms with Gasteiger partial charge in [0.1, 0.15) is 17.2 Å². The van der Waals surface area contributed by atoms with Crippen molar-refractivity contribution in [2.75, 3.05) is 6.54 Å². The summed E-state index contributed by atoms with van der Waals surface area (Å²) < 4.78 is 16.5. The van der Waals surface area contributed by atoms with Gasteiger partial charge in [0.2, 0.25) is 0 Å². The highest BCUT2D eigenvalue weighted by molar-refractivity contribution is 7.13. The van der Waals surface area contributed by atoms with Crippen LogP contribution in [0.25, 0.3) is 21.8 Å². The number of hydrogen-bond donors (Lipinski definition) is 1. The average molecular weight is 409 g/mol. The molecule has 0 aliphatic rings. The molecule has 0 saturated heterocycles. The van der Waals surface area contributed by atoms with Crippen molar-refractivity contribution in [3.63, 3.8) is 0 Å². The van der Waals surface area contributed by atoms with Crippen LogP contribution in [0.2, 0.25) is 0 Å². The van der Waals surface area contributed by atoms with Gasteiger partial charge in [0.05, 0.1) is 17.1 Å². The number of halogens is 1. The monoisotopic (exact) mass is 409 g/mol. The largest absolute Gasteiger partial charge is 0.349 e. The smallest absolute Gasteiger partial charge is 0.269 e. The van der Waals surface area contributed by atoms with Crippen molar-refractivity contribution in [2.24, 2.45) is 7.05 Å². The summed E-state index contributed by atoms with van der Waals surface area (Å²) in [5, 5.41) is 13.9. The summed E-state index contributed by atoms with van der Waals surface area (Å²) in [6, 6.07) is 13.8. The van der Waals surface area contributed by atoms with Gasteiger partial charge < -0.3 is 5.32 Å². The van der Waals surface area contributed by atoms with Gasteiger partial charge in [-0.15, -0.1) is 11.3 Å². The van der Waals surface area contributed by atoms with Crippen LogP contribution >= 0.6 is 11.3 Å². The number of nitrogens with zero attached hydrogens (tertiary/aromatic N) is 4. The van der Waals surface area contributed by atoms with Gasteiger partial charge in [-0.25, -0.2) is 4.39 Å². The molecule has 0 atom stereocenters. The highest BCUT2D eigenvalue weighted by Crippen LogP contribution is 2.24. The van der Waals surface area contributed by atoms with E-state index < -0.39 is 0 Å². The highest BCUT2D eigenvalue weighted by Gasteiger charge is 2.14. The fourth-order valence-electron chi connectivity index (χ4n) is 3.09. The van der Waals surface area contributed by atoms with Gasteiger partial charge in [-0.1, -0.05) is 6.07 Å². The van der Waals surface area contributed by atoms with E-state index in [0.29, 0.717) is 24.5 Å². The summed E-state index contributed by atoms with van der Waals surface area (Å²) in [4.78, 5) is 13.7. The predicted molar refractivity (Wildman–Crippen MR) is 111 cm³/mol. The first-order valence-electron chi connectivity index (χ1n) is 9.18. The summed E-state index contributed by atoms with van der Waals surface area (Å²) >= 11 is 1.65. The highest BCUT2D eigenvalue weighted by atomic mass is 32.1. The number of hydrogen-bond acceptors (Lipinski definition) is 4. The predicted octanol–water partition coefficient (Wildman–Crippen LogP) is 3.89. The van der Waals surface area contributed by atoms with Gasteiger partial charge in [0.15, 0.2) is 0 Å². The van der Waals surface area contributed by atoms with Crippen LogP contribution in [0.1, 0.15) is 16.2 Å². The van der Waals surface area contributed by atoms with Crippen LogP contribution < -0.4 is 5.32 Å². The third-order valence-corrected chi connectivity index (χ3v) is 5.51. The number of aromatic nitrogens is 4. The molecule has 1 N–H and O–H groups in total. The Bertz CT molecular complexity index is 1130. The van der Waals surface area contributed by atoms with Crippen LogP contribution in [-0.4, -0.2) is 32.0 Å². The van der Waals surface area contributed by atoms with Gasteiger partial charge in [-0.2, -0.15) is 10.2 Å². The zero-order chi connectivity index (χ0) is 20.4. The summed E-state index contributed by atoms with van der Waals surface area (Å²) in [7, 11) is 1.72. The van der Waals surface area contributed by atoms with Crippen molar-refractivity contribution < 1.29 is 9.18 Å². The molecule has 0 unspecified atom stereocenters. The third-order valence-electron chi connectivity index (χ3n) is 4.62. The van der Waals surface area contributed by atoms with E-state index in [0.717, 1.165) is 21.8 Å². The molecule has 148 valence electrons. The van der Waals surface area contributed by atoms with Crippen molar-refractivity contribution in [3.8, 4) is 21.8 Å². The lowest BCUT2D eigenvalue weighted by Crippen LogP contribution is -2.29. The van der Waals surface area contributed by atoms with Crippen LogP contribution in [0.15, 0.2) is 53.9 Å². The van der Waals surface area contributed by atoms with Crippen LogP contribution in [-0.2, 0) is 13.6 Å². The van der Waals surface area contributed by atoms with E-state index in [1.165, 1.54) is 16.8 Å². The zero-order valence-corrected chi connectivity index (χ0v) is 16.9. The van der Waals surface area contributed by atoms with E-state index >= 15 is 0 Å². The van der Waals surface area contributed by atoms with Crippen molar-refractivity contribution in [1.29, 1.82) is 0 Å². The molecular weight excluding hydrogens is 389 g/mol. The van der Waals surface area contributed by atoms with Crippen molar-refractivity contribution >= 4 is 17.2 Å². The average Bonchev–Trinajstić information content (AvgIpc) is 3.43. The van der Waals surface area contributed by atoms with Crippen molar-refractivity contribution in [2.45, 2.75) is 13.5 Å². The molecule has 0 spiro atoms. The maximum Gasteiger partial charge on any atom is 0.269 e. The van der Waals surface area contributed by atoms with Crippen LogP contribution in [0.3, 0.4) is 0 Å². The fourth-order valence-corrected chi connectivity index (χ4v) is 3.77. The second-order valence-corrected chi connectivity index (χ2v) is 7.62. The first-order chi connectivity index (χ1) is 14.0. The number of nitrogens with one attached hydrogen (secondary N) is 1. The molecule has 1 aromatic carbocycles. The first kappa shape index (κ1) is 19.1. The molecule has 0 fully saturated rings. The number of carbonyl (C=O) groups is 1. The van der Waals surface area contributed by atoms with Gasteiger partial charge >= 0.3 is 0 Å². The molecule has 0 bridgehead atoms. The summed E-state index contributed by atoms with van der Waals surface area (Å²) in [6.45, 7) is 3.02. The van der Waals surface area contributed by atoms with Crippen LogP contribution in [0.4, 0.5) is 4.39 Å². The number of thiophene rings is 1. The Morgan fingerprint density at radius 2 is 1.93 bits per heavy atom. The van der Waals surface area contributed by atoms with E-state index in [1.807, 2.05) is 35.2 Å². The number of rotatable bonds is 6. The lowest BCUT2D eigenvalue weighted by molar-refractivity contribution is 0.0942. The molecule has 4 aromatic rings. The van der Waals surface area contributed by atoms with Crippen LogP contribution in [0, 0.1) is 12.7 Å². The van der Waals surface area contributed by atoms with Crippen molar-refractivity contribution in [3.05, 3.63) is 71.1 Å². The van der Waals surface area contributed by atoms with E-state index in [1.54, 1.807) is 36.6 Å². The quantitative estimate of drug-likeness (QED) is 0.525. The number of aryl methyl sites for hydroxylation is 2. The van der Waals surface area contributed by atoms with Gasteiger partial charge in [-0.3, -0.25) is 14.2 Å². The first-order valence-corrected chi connectivity index (χ1v) is 10.1. The molecule has 3 heterocycles. The topological polar surface area (TPSA) is 64.7 Å². The second kappa shape index (κ2) is 8.00. The van der Waals surface area contributed by atoms with Crippen LogP contribution in [0.5, 0.6) is 0 Å². The molecule has 1 amide bonds. The maximum atomic E-state index is 13.1. The molecule has 6 nitrogen and oxygen atoms in total. The van der Waals surface area contributed by atoms with Gasteiger partial charge in [-0.05, 0) is 54.8 Å². The minimum Gasteiger partial charge on any atom is -0.349 e. The molecule has 3 aromatic heterocycles. The van der Waals surface area contributed by atoms with E-state index in [9.17, 15) is 9.18 Å². The molecule has 0 radical (unpaired) electrons. The number of benzene rings is 1. The summed E-state index contributed by atoms with van der Waals surface area (Å²) in [5.74, 6) is -0.518. The fraction of sp³-hybridized carbons (Fsp3) is 0.190. The minimum atomic E-state index is -0.307. The summed E-state index contributed by atoms with van der Waals surface area (Å²) in [5.41, 5.74) is 3.82. The number of carbonyl (C=O) groups excluding carboxylic acids is 1. The summed E-state index contributed by atoms with van der Waals surface area (Å²) in [6.07, 6.45) is 0. The van der Waals surface area contributed by atoms with E-state index in [-0.39, 0.29) is 11.7 Å². The molecule has 8 heteroatoms. The van der Waals surface area contributed by atoms with E-state index in [4.69, 9.17) is 0 Å². The molecule has 0 aliphatic heterocycles. The molecule has 0 aliphatic carbocycles. The Balaban J connectivity index is 1.40. The lowest BCUT2D eigenvalue weighted by atomic mass is 10.1. The molecule has 4 rings (SSSR count). The van der Waals surface area contributed by atoms with Crippen molar-refractivity contribution in [1.82, 2.24) is 24.9 Å². The lowest BCUT2D eigenvalue weighted by Gasteiger charge is -2.07. The minimum absolute atomic E-state index is 0.211. The van der Waals surface area contributed by atoms with Gasteiger partial charge in [0.25, 0.3) is 5.91 Å². The molecule has 0 saturated carbocycles. The zero-order valence-electron chi connectivity index (χ0n) is 16.1. The Morgan fingerprint density at radius 1 is 1.14 bits per heavy atom. The standard InChI is InChI=1S/C21H20FN5OS/c1-14-12-18(20-4-3-11-29-20)25-27(14)10-9-23-21(28)19-13-17(24-26(19)2)15-5-7-16(22)8-6-15/h3-8,11-13H,9-10H2,1-2H3,(H,23,28). The third kappa shape index (κ3) is 4.12. The molecular formula is C21H20FN5OS.